The standard InChI is InChI=1S/C39H60N2O9/c1-23(2)32-9-7-26-16-29(32)17-30(18-35(45)33(26)11-14-47-5)37(50-25(4)44)21-31(49-24(3)43)8-6-27-19-38(48-15-13-42)36(46)22-34(27)28-10-12-41-39(40)20-28/h10,19-20,22-23,26,29-33,35,37,41-42,45-46H,6-9,11-18,21,40H2,1-5H3/t26-,29+,30+,31+,32+,33-,35+,37+/m0/s1. The fraction of sp³-hybridized carbons (Fsp3) is 0.692. The average Bonchev–Trinajstić information content (AvgIpc) is 3.05. The molecular formula is C39H60N2O9. The fourth-order valence-corrected chi connectivity index (χ4v) is 8.82. The van der Waals surface area contributed by atoms with E-state index in [0.717, 1.165) is 48.8 Å². The summed E-state index contributed by atoms with van der Waals surface area (Å²) in [6, 6.07) is 3.38. The molecular weight excluding hydrogens is 640 g/mol. The first-order valence-electron chi connectivity index (χ1n) is 18.4. The van der Waals surface area contributed by atoms with E-state index in [1.54, 1.807) is 25.3 Å². The summed E-state index contributed by atoms with van der Waals surface area (Å²) in [5.41, 5.74) is 8.51. The van der Waals surface area contributed by atoms with Gasteiger partial charge < -0.3 is 45.3 Å². The minimum absolute atomic E-state index is 0.0188. The number of nitrogens with two attached hydrogens (primary N) is 1. The van der Waals surface area contributed by atoms with Crippen LogP contribution in [0.25, 0.3) is 5.57 Å². The third kappa shape index (κ3) is 10.9. The zero-order valence-electron chi connectivity index (χ0n) is 30.6. The van der Waals surface area contributed by atoms with Crippen LogP contribution >= 0.6 is 0 Å². The molecule has 0 aromatic heterocycles. The monoisotopic (exact) mass is 700 g/mol. The molecule has 11 heteroatoms. The molecule has 1 aromatic carbocycles. The maximum Gasteiger partial charge on any atom is 0.302 e. The van der Waals surface area contributed by atoms with Gasteiger partial charge in [0.2, 0.25) is 0 Å². The number of aryl methyl sites for hydroxylation is 1. The highest BCUT2D eigenvalue weighted by Gasteiger charge is 2.44. The Morgan fingerprint density at radius 1 is 1.04 bits per heavy atom. The van der Waals surface area contributed by atoms with Crippen LogP contribution in [0.5, 0.6) is 11.5 Å². The summed E-state index contributed by atoms with van der Waals surface area (Å²) in [6.45, 7) is 8.29. The van der Waals surface area contributed by atoms with Crippen LogP contribution in [0.1, 0.15) is 90.2 Å². The van der Waals surface area contributed by atoms with Gasteiger partial charge in [0.1, 0.15) is 18.8 Å². The minimum atomic E-state index is -0.588. The van der Waals surface area contributed by atoms with E-state index in [1.807, 2.05) is 6.08 Å². The van der Waals surface area contributed by atoms with E-state index in [1.165, 1.54) is 13.8 Å². The highest BCUT2D eigenvalue weighted by molar-refractivity contribution is 5.79. The molecule has 4 rings (SSSR count). The molecule has 2 saturated carbocycles. The number of phenolic OH excluding ortho intramolecular Hbond substituents is 1. The van der Waals surface area contributed by atoms with E-state index in [0.29, 0.717) is 68.3 Å². The third-order valence-electron chi connectivity index (χ3n) is 11.0. The van der Waals surface area contributed by atoms with E-state index in [2.05, 4.69) is 19.2 Å². The summed E-state index contributed by atoms with van der Waals surface area (Å²) in [7, 11) is 1.70. The van der Waals surface area contributed by atoms with Crippen molar-refractivity contribution in [1.29, 1.82) is 0 Å². The first-order valence-corrected chi connectivity index (χ1v) is 18.4. The number of nitrogens with one attached hydrogen (secondary N) is 1. The lowest BCUT2D eigenvalue weighted by atomic mass is 9.60. The Balaban J connectivity index is 1.63. The molecule has 0 unspecified atom stereocenters. The molecule has 0 amide bonds. The van der Waals surface area contributed by atoms with Crippen molar-refractivity contribution in [3.63, 3.8) is 0 Å². The highest BCUT2D eigenvalue weighted by atomic mass is 16.6. The largest absolute Gasteiger partial charge is 0.504 e. The number of methoxy groups -OCH3 is 1. The summed E-state index contributed by atoms with van der Waals surface area (Å²) in [6.07, 6.45) is 8.62. The van der Waals surface area contributed by atoms with E-state index in [4.69, 9.17) is 24.7 Å². The van der Waals surface area contributed by atoms with Crippen LogP contribution in [-0.4, -0.2) is 79.0 Å². The van der Waals surface area contributed by atoms with Crippen LogP contribution in [0.4, 0.5) is 0 Å². The Kier molecular flexibility index (Phi) is 14.9. The quantitative estimate of drug-likeness (QED) is 0.150. The summed E-state index contributed by atoms with van der Waals surface area (Å²) in [5.74, 6) is 1.80. The number of hydrogen-bond acceptors (Lipinski definition) is 11. The molecule has 280 valence electrons. The molecule has 11 nitrogen and oxygen atoms in total. The van der Waals surface area contributed by atoms with Crippen molar-refractivity contribution in [1.82, 2.24) is 5.32 Å². The minimum Gasteiger partial charge on any atom is -0.504 e. The van der Waals surface area contributed by atoms with E-state index in [-0.39, 0.29) is 36.5 Å². The number of esters is 2. The number of dihydropyridines is 1. The number of aromatic hydroxyl groups is 1. The van der Waals surface area contributed by atoms with Gasteiger partial charge in [0, 0.05) is 40.5 Å². The van der Waals surface area contributed by atoms with Gasteiger partial charge in [-0.25, -0.2) is 0 Å². The second-order valence-electron chi connectivity index (χ2n) is 14.8. The predicted octanol–water partition coefficient (Wildman–Crippen LogP) is 4.85. The summed E-state index contributed by atoms with van der Waals surface area (Å²) in [5, 5.41) is 34.9. The van der Waals surface area contributed by atoms with Crippen molar-refractivity contribution in [3.05, 3.63) is 41.2 Å². The number of allylic oxidation sites excluding steroid dienone is 2. The second-order valence-corrected chi connectivity index (χ2v) is 14.8. The lowest BCUT2D eigenvalue weighted by molar-refractivity contribution is -0.158. The number of hydrogen-bond donors (Lipinski definition) is 5. The van der Waals surface area contributed by atoms with Crippen LogP contribution in [0.15, 0.2) is 30.1 Å². The second kappa shape index (κ2) is 18.8. The number of ether oxygens (including phenoxy) is 4. The van der Waals surface area contributed by atoms with Gasteiger partial charge in [0.05, 0.1) is 18.5 Å². The predicted molar refractivity (Wildman–Crippen MR) is 191 cm³/mol. The first-order chi connectivity index (χ1) is 23.9. The van der Waals surface area contributed by atoms with Crippen LogP contribution in [0.2, 0.25) is 0 Å². The average molecular weight is 701 g/mol. The van der Waals surface area contributed by atoms with Gasteiger partial charge in [-0.15, -0.1) is 0 Å². The normalized spacial score (nSPS) is 26.4. The van der Waals surface area contributed by atoms with Crippen molar-refractivity contribution in [2.45, 2.75) is 104 Å². The van der Waals surface area contributed by atoms with Gasteiger partial charge in [0.25, 0.3) is 0 Å². The molecule has 2 aliphatic carbocycles. The molecule has 0 saturated heterocycles. The molecule has 1 heterocycles. The number of phenols is 1. The van der Waals surface area contributed by atoms with Gasteiger partial charge in [-0.2, -0.15) is 0 Å². The van der Waals surface area contributed by atoms with Gasteiger partial charge in [-0.3, -0.25) is 9.59 Å². The molecule has 2 fully saturated rings. The summed E-state index contributed by atoms with van der Waals surface area (Å²) in [4.78, 5) is 25.1. The smallest absolute Gasteiger partial charge is 0.302 e. The fourth-order valence-electron chi connectivity index (χ4n) is 8.82. The maximum absolute atomic E-state index is 12.6. The van der Waals surface area contributed by atoms with Crippen LogP contribution < -0.4 is 15.8 Å². The topological polar surface area (TPSA) is 170 Å². The van der Waals surface area contributed by atoms with Crippen molar-refractivity contribution in [2.75, 3.05) is 33.5 Å². The molecule has 1 aromatic rings. The number of fused-ring (bicyclic) bond motifs is 2. The van der Waals surface area contributed by atoms with E-state index < -0.39 is 30.3 Å². The van der Waals surface area contributed by atoms with E-state index >= 15 is 0 Å². The number of aliphatic hydroxyl groups excluding tert-OH is 2. The van der Waals surface area contributed by atoms with Gasteiger partial charge in [-0.1, -0.05) is 19.9 Å². The van der Waals surface area contributed by atoms with Crippen molar-refractivity contribution >= 4 is 17.5 Å². The van der Waals surface area contributed by atoms with E-state index in [9.17, 15) is 24.9 Å². The Morgan fingerprint density at radius 3 is 2.46 bits per heavy atom. The zero-order valence-corrected chi connectivity index (χ0v) is 30.6. The third-order valence-corrected chi connectivity index (χ3v) is 11.0. The summed E-state index contributed by atoms with van der Waals surface area (Å²) >= 11 is 0. The SMILES string of the molecule is COCC[C@H]1[C@H]2CC[C@H](C(C)C)[C@H](C2)C[C@@H]([C@@H](C[C@@H](CCc2cc(OCCO)c(O)cc2C2=CCNC(N)=C2)OC(C)=O)OC(C)=O)C[C@H]1O. The number of rotatable bonds is 16. The number of aliphatic hydroxyl groups is 2. The lowest BCUT2D eigenvalue weighted by Gasteiger charge is -2.47. The molecule has 6 N–H and O–H groups in total. The van der Waals surface area contributed by atoms with Crippen LogP contribution in [0.3, 0.4) is 0 Å². The van der Waals surface area contributed by atoms with Gasteiger partial charge in [0.15, 0.2) is 11.5 Å². The summed E-state index contributed by atoms with van der Waals surface area (Å²) < 4.78 is 23.1. The molecule has 8 atom stereocenters. The van der Waals surface area contributed by atoms with Crippen LogP contribution in [-0.2, 0) is 30.2 Å². The Labute approximate surface area is 297 Å². The van der Waals surface area contributed by atoms with Crippen molar-refractivity contribution < 1.29 is 43.9 Å². The number of carbonyl (C=O) groups excluding carboxylic acids is 2. The first kappa shape index (κ1) is 39.5. The molecule has 0 radical (unpaired) electrons. The zero-order chi connectivity index (χ0) is 36.4. The Bertz CT molecular complexity index is 1340. The van der Waals surface area contributed by atoms with Gasteiger partial charge >= 0.3 is 11.9 Å². The van der Waals surface area contributed by atoms with Crippen molar-refractivity contribution in [2.24, 2.45) is 41.2 Å². The van der Waals surface area contributed by atoms with Crippen LogP contribution in [0, 0.1) is 35.5 Å². The molecule has 2 bridgehead atoms. The highest BCUT2D eigenvalue weighted by Crippen LogP contribution is 2.49. The Hall–Kier alpha value is -3.28. The number of benzene rings is 1. The molecule has 50 heavy (non-hydrogen) atoms. The van der Waals surface area contributed by atoms with Crippen molar-refractivity contribution in [3.8, 4) is 11.5 Å². The molecule has 0 spiro atoms. The molecule has 3 aliphatic rings. The number of carbonyl (C=O) groups is 2. The lowest BCUT2D eigenvalue weighted by Crippen LogP contribution is -2.44. The Morgan fingerprint density at radius 2 is 1.80 bits per heavy atom. The maximum atomic E-state index is 12.6. The molecule has 1 aliphatic heterocycles. The van der Waals surface area contributed by atoms with Gasteiger partial charge in [-0.05, 0) is 122 Å².